The molecule has 2 nitrogen and oxygen atoms in total. The van der Waals surface area contributed by atoms with Crippen LogP contribution in [-0.2, 0) is 20.5 Å². The van der Waals surface area contributed by atoms with Crippen molar-refractivity contribution in [2.24, 2.45) is 0 Å². The predicted molar refractivity (Wildman–Crippen MR) is 22.2 cm³/mol. The molecule has 0 aliphatic carbocycles. The predicted octanol–water partition coefficient (Wildman–Crippen LogP) is -3.50. The standard InChI is InChI=1S/CH4O2S2.Na/c1-5(2,3)4;/h1H3,(H,2,3,4);/q;+1/p-1. The Balaban J connectivity index is 0. The van der Waals surface area contributed by atoms with Gasteiger partial charge in [0.15, 0.2) is 0 Å². The molecule has 0 unspecified atom stereocenters. The van der Waals surface area contributed by atoms with Crippen molar-refractivity contribution in [1.82, 2.24) is 0 Å². The van der Waals surface area contributed by atoms with Gasteiger partial charge in [-0.15, -0.1) is 0 Å². The number of rotatable bonds is 0. The molecule has 0 N–H and O–H groups in total. The summed E-state index contributed by atoms with van der Waals surface area (Å²) in [5.41, 5.74) is 0. The van der Waals surface area contributed by atoms with E-state index in [0.717, 1.165) is 6.26 Å². The van der Waals surface area contributed by atoms with Crippen molar-refractivity contribution < 1.29 is 38.0 Å². The molecule has 0 fully saturated rings. The zero-order chi connectivity index (χ0) is 4.50. The average Bonchev–Trinajstić information content (AvgIpc) is 0.722. The van der Waals surface area contributed by atoms with Gasteiger partial charge in [0.05, 0.1) is 0 Å². The van der Waals surface area contributed by atoms with E-state index in [9.17, 15) is 8.42 Å². The van der Waals surface area contributed by atoms with Crippen molar-refractivity contribution in [3.8, 4) is 0 Å². The van der Waals surface area contributed by atoms with E-state index in [1.54, 1.807) is 0 Å². The molecule has 0 rings (SSSR count). The Labute approximate surface area is 64.3 Å². The monoisotopic (exact) mass is 134 g/mol. The van der Waals surface area contributed by atoms with Crippen molar-refractivity contribution in [3.05, 3.63) is 0 Å². The van der Waals surface area contributed by atoms with Gasteiger partial charge in [-0.05, 0) is 0 Å². The molecule has 0 bridgehead atoms. The third kappa shape index (κ3) is 58.0. The molecule has 0 heterocycles. The van der Waals surface area contributed by atoms with Crippen LogP contribution in [0, 0.1) is 0 Å². The summed E-state index contributed by atoms with van der Waals surface area (Å²) in [6.45, 7) is 0. The summed E-state index contributed by atoms with van der Waals surface area (Å²) in [5, 5.41) is 0. The molecular weight excluding hydrogens is 131 g/mol. The molecule has 0 spiro atoms. The third-order valence-electron chi connectivity index (χ3n) is 0. The molecule has 0 saturated heterocycles. The number of hydrogen-bond acceptors (Lipinski definition) is 3. The van der Waals surface area contributed by atoms with Crippen LogP contribution >= 0.6 is 0 Å². The molecule has 0 radical (unpaired) electrons. The Morgan fingerprint density at radius 2 is 1.50 bits per heavy atom. The summed E-state index contributed by atoms with van der Waals surface area (Å²) >= 11 is 3.80. The maximum Gasteiger partial charge on any atom is 1.00 e. The average molecular weight is 134 g/mol. The summed E-state index contributed by atoms with van der Waals surface area (Å²) in [6.07, 6.45) is 0.975. The molecule has 0 aromatic carbocycles. The summed E-state index contributed by atoms with van der Waals surface area (Å²) in [4.78, 5) is 0. The van der Waals surface area contributed by atoms with Gasteiger partial charge in [0.2, 0.25) is 0 Å². The minimum absolute atomic E-state index is 0. The molecule has 0 aromatic rings. The van der Waals surface area contributed by atoms with Crippen LogP contribution in [0.4, 0.5) is 0 Å². The van der Waals surface area contributed by atoms with Gasteiger partial charge >= 0.3 is 29.6 Å². The van der Waals surface area contributed by atoms with Crippen molar-refractivity contribution in [2.45, 2.75) is 0 Å². The van der Waals surface area contributed by atoms with E-state index >= 15 is 0 Å². The Bertz CT molecular complexity index is 94.7. The summed E-state index contributed by atoms with van der Waals surface area (Å²) < 4.78 is 18.9. The molecule has 32 valence electrons. The maximum absolute atomic E-state index is 9.45. The molecule has 0 aromatic heterocycles. The van der Waals surface area contributed by atoms with E-state index in [1.807, 2.05) is 0 Å². The van der Waals surface area contributed by atoms with E-state index in [1.165, 1.54) is 0 Å². The van der Waals surface area contributed by atoms with Crippen molar-refractivity contribution >= 4 is 20.5 Å². The Hall–Kier alpha value is 1.30. The molecule has 0 atom stereocenters. The maximum atomic E-state index is 9.45. The van der Waals surface area contributed by atoms with Gasteiger partial charge in [-0.2, -0.15) is 0 Å². The van der Waals surface area contributed by atoms with Crippen LogP contribution in [0.5, 0.6) is 0 Å². The van der Waals surface area contributed by atoms with Gasteiger partial charge in [-0.3, -0.25) is 8.42 Å². The van der Waals surface area contributed by atoms with E-state index < -0.39 is 8.87 Å². The summed E-state index contributed by atoms with van der Waals surface area (Å²) in [6, 6.07) is 0. The molecule has 0 aliphatic rings. The van der Waals surface area contributed by atoms with E-state index in [-0.39, 0.29) is 29.6 Å². The fourth-order valence-corrected chi connectivity index (χ4v) is 0. The normalized spacial score (nSPS) is 9.67. The molecular formula is CH3NaO2S2. The Morgan fingerprint density at radius 3 is 1.50 bits per heavy atom. The van der Waals surface area contributed by atoms with E-state index in [2.05, 4.69) is 11.7 Å². The minimum atomic E-state index is -3.08. The molecule has 6 heavy (non-hydrogen) atoms. The molecule has 0 saturated carbocycles. The smallest absolute Gasteiger partial charge is 0.649 e. The van der Waals surface area contributed by atoms with Crippen molar-refractivity contribution in [3.63, 3.8) is 0 Å². The van der Waals surface area contributed by atoms with Crippen LogP contribution in [0.1, 0.15) is 0 Å². The van der Waals surface area contributed by atoms with Crippen LogP contribution < -0.4 is 29.6 Å². The molecule has 5 heteroatoms. The van der Waals surface area contributed by atoms with Crippen LogP contribution in [-0.4, -0.2) is 14.7 Å². The van der Waals surface area contributed by atoms with Gasteiger partial charge in [0, 0.05) is 15.1 Å². The first-order valence-electron chi connectivity index (χ1n) is 0.908. The second-order valence-electron chi connectivity index (χ2n) is 0.704. The van der Waals surface area contributed by atoms with Crippen LogP contribution in [0.3, 0.4) is 0 Å². The van der Waals surface area contributed by atoms with Crippen LogP contribution in [0.15, 0.2) is 0 Å². The largest absolute Gasteiger partial charge is 1.00 e. The summed E-state index contributed by atoms with van der Waals surface area (Å²) in [5.74, 6) is 0. The zero-order valence-electron chi connectivity index (χ0n) is 3.63. The van der Waals surface area contributed by atoms with Crippen molar-refractivity contribution in [1.29, 1.82) is 0 Å². The first-order chi connectivity index (χ1) is 2.00. The Morgan fingerprint density at radius 1 is 1.50 bits per heavy atom. The van der Waals surface area contributed by atoms with Crippen LogP contribution in [0.25, 0.3) is 0 Å². The first kappa shape index (κ1) is 10.3. The van der Waals surface area contributed by atoms with Gasteiger partial charge in [-0.1, -0.05) is 0 Å². The van der Waals surface area contributed by atoms with Gasteiger partial charge in [-0.25, -0.2) is 0 Å². The van der Waals surface area contributed by atoms with E-state index in [4.69, 9.17) is 0 Å². The summed E-state index contributed by atoms with van der Waals surface area (Å²) in [7, 11) is -3.08. The minimum Gasteiger partial charge on any atom is -0.649 e. The van der Waals surface area contributed by atoms with E-state index in [0.29, 0.717) is 0 Å². The third-order valence-corrected chi connectivity index (χ3v) is 0. The Kier molecular flexibility index (Phi) is 5.71. The number of hydrogen-bond donors (Lipinski definition) is 0. The van der Waals surface area contributed by atoms with Crippen molar-refractivity contribution in [2.75, 3.05) is 6.26 Å². The topological polar surface area (TPSA) is 34.1 Å². The fourth-order valence-electron chi connectivity index (χ4n) is 0. The van der Waals surface area contributed by atoms with Gasteiger partial charge < -0.3 is 11.7 Å². The van der Waals surface area contributed by atoms with Crippen LogP contribution in [0.2, 0.25) is 0 Å². The SMILES string of the molecule is CS(=O)(=O)[S-].[Na+]. The van der Waals surface area contributed by atoms with Gasteiger partial charge in [0.25, 0.3) is 0 Å². The van der Waals surface area contributed by atoms with Gasteiger partial charge in [0.1, 0.15) is 0 Å². The molecule has 0 amide bonds. The zero-order valence-corrected chi connectivity index (χ0v) is 7.27. The fraction of sp³-hybridized carbons (Fsp3) is 1.00. The molecule has 0 aliphatic heterocycles. The second kappa shape index (κ2) is 3.32. The first-order valence-corrected chi connectivity index (χ1v) is 3.72. The second-order valence-corrected chi connectivity index (χ2v) is 3.93. The quantitative estimate of drug-likeness (QED) is 0.196.